The molecule has 1 aromatic heterocycles. The van der Waals surface area contributed by atoms with Crippen molar-refractivity contribution in [1.82, 2.24) is 4.98 Å². The number of carboxylic acids is 1. The summed E-state index contributed by atoms with van der Waals surface area (Å²) >= 11 is 5.53. The summed E-state index contributed by atoms with van der Waals surface area (Å²) in [7, 11) is 0. The van der Waals surface area contributed by atoms with E-state index in [4.69, 9.17) is 11.6 Å². The minimum absolute atomic E-state index is 0.0221. The van der Waals surface area contributed by atoms with Gasteiger partial charge in [0.05, 0.1) is 11.7 Å². The van der Waals surface area contributed by atoms with Gasteiger partial charge in [0.15, 0.2) is 0 Å². The van der Waals surface area contributed by atoms with Gasteiger partial charge in [-0.15, -0.1) is 11.6 Å². The molecule has 0 amide bonds. The van der Waals surface area contributed by atoms with Crippen LogP contribution in [0, 0.1) is 0 Å². The number of aromatic nitrogens is 1. The summed E-state index contributed by atoms with van der Waals surface area (Å²) < 4.78 is 0. The highest BCUT2D eigenvalue weighted by Crippen LogP contribution is 2.05. The molecule has 0 aromatic carbocycles. The van der Waals surface area contributed by atoms with Gasteiger partial charge in [0.1, 0.15) is 0 Å². The van der Waals surface area contributed by atoms with E-state index in [1.54, 1.807) is 12.3 Å². The number of carbonyl (C=O) groups is 1. The van der Waals surface area contributed by atoms with Crippen molar-refractivity contribution >= 4 is 17.6 Å². The lowest BCUT2D eigenvalue weighted by atomic mass is 10.1. The fourth-order valence-corrected chi connectivity index (χ4v) is 1.31. The smallest absolute Gasteiger partial charge is 0.0899 e. The predicted molar refractivity (Wildman–Crippen MR) is 52.2 cm³/mol. The number of hydrogen-bond acceptors (Lipinski definition) is 3. The standard InChI is InChI=1S/C10H12ClNO2/c11-6-2-1-3-8-4-5-9(10(13)14)12-7-8/h4-5,7H,1-3,6H2,(H,13,14)/p-1. The number of hydrogen-bond donors (Lipinski definition) is 0. The van der Waals surface area contributed by atoms with Crippen LogP contribution in [0.15, 0.2) is 18.3 Å². The van der Waals surface area contributed by atoms with E-state index in [0.29, 0.717) is 5.88 Å². The lowest BCUT2D eigenvalue weighted by Crippen LogP contribution is -2.23. The summed E-state index contributed by atoms with van der Waals surface area (Å²) in [5, 5.41) is 10.4. The molecule has 0 aliphatic heterocycles. The van der Waals surface area contributed by atoms with Gasteiger partial charge < -0.3 is 9.90 Å². The molecule has 1 rings (SSSR count). The van der Waals surface area contributed by atoms with Crippen LogP contribution in [-0.4, -0.2) is 16.8 Å². The van der Waals surface area contributed by atoms with Crippen LogP contribution >= 0.6 is 11.6 Å². The van der Waals surface area contributed by atoms with Crippen molar-refractivity contribution in [2.75, 3.05) is 5.88 Å². The zero-order valence-corrected chi connectivity index (χ0v) is 8.46. The van der Waals surface area contributed by atoms with E-state index >= 15 is 0 Å². The van der Waals surface area contributed by atoms with Crippen LogP contribution in [-0.2, 0) is 6.42 Å². The highest BCUT2D eigenvalue weighted by molar-refractivity contribution is 6.17. The molecular weight excluding hydrogens is 202 g/mol. The molecular formula is C10H11ClNO2-. The van der Waals surface area contributed by atoms with E-state index in [-0.39, 0.29) is 5.69 Å². The van der Waals surface area contributed by atoms with E-state index in [0.717, 1.165) is 24.8 Å². The van der Waals surface area contributed by atoms with Gasteiger partial charge in [0, 0.05) is 12.1 Å². The minimum Gasteiger partial charge on any atom is -0.543 e. The summed E-state index contributed by atoms with van der Waals surface area (Å²) in [6, 6.07) is 3.22. The first-order valence-corrected chi connectivity index (χ1v) is 4.99. The molecule has 1 aromatic rings. The van der Waals surface area contributed by atoms with Crippen molar-refractivity contribution in [2.24, 2.45) is 0 Å². The molecule has 0 saturated carbocycles. The van der Waals surface area contributed by atoms with Gasteiger partial charge in [0.25, 0.3) is 0 Å². The SMILES string of the molecule is O=C([O-])c1ccc(CCCCCl)cn1. The second kappa shape index (κ2) is 5.60. The van der Waals surface area contributed by atoms with Gasteiger partial charge in [-0.05, 0) is 30.9 Å². The van der Waals surface area contributed by atoms with Crippen molar-refractivity contribution in [3.05, 3.63) is 29.6 Å². The molecule has 0 N–H and O–H groups in total. The van der Waals surface area contributed by atoms with E-state index in [1.165, 1.54) is 6.07 Å². The fourth-order valence-electron chi connectivity index (χ4n) is 1.12. The van der Waals surface area contributed by atoms with Crippen LogP contribution in [0.3, 0.4) is 0 Å². The Hall–Kier alpha value is -1.09. The monoisotopic (exact) mass is 212 g/mol. The van der Waals surface area contributed by atoms with Crippen molar-refractivity contribution in [3.63, 3.8) is 0 Å². The zero-order chi connectivity index (χ0) is 10.4. The lowest BCUT2D eigenvalue weighted by molar-refractivity contribution is -0.255. The Morgan fingerprint density at radius 2 is 2.21 bits per heavy atom. The molecule has 14 heavy (non-hydrogen) atoms. The van der Waals surface area contributed by atoms with Crippen LogP contribution in [0.2, 0.25) is 0 Å². The molecule has 0 unspecified atom stereocenters. The van der Waals surface area contributed by atoms with Gasteiger partial charge >= 0.3 is 0 Å². The maximum atomic E-state index is 10.4. The largest absolute Gasteiger partial charge is 0.543 e. The molecule has 76 valence electrons. The number of halogens is 1. The highest BCUT2D eigenvalue weighted by Gasteiger charge is 1.96. The topological polar surface area (TPSA) is 53.0 Å². The molecule has 0 aliphatic carbocycles. The summed E-state index contributed by atoms with van der Waals surface area (Å²) in [4.78, 5) is 14.1. The van der Waals surface area contributed by atoms with Crippen molar-refractivity contribution < 1.29 is 9.90 Å². The third kappa shape index (κ3) is 3.34. The van der Waals surface area contributed by atoms with Gasteiger partial charge in [-0.2, -0.15) is 0 Å². The summed E-state index contributed by atoms with van der Waals surface area (Å²) in [5.41, 5.74) is 1.01. The quantitative estimate of drug-likeness (QED) is 0.541. The average Bonchev–Trinajstić information content (AvgIpc) is 2.19. The average molecular weight is 213 g/mol. The number of alkyl halides is 1. The van der Waals surface area contributed by atoms with Crippen molar-refractivity contribution in [3.8, 4) is 0 Å². The highest BCUT2D eigenvalue weighted by atomic mass is 35.5. The number of nitrogens with zero attached hydrogens (tertiary/aromatic N) is 1. The maximum Gasteiger partial charge on any atom is 0.0899 e. The number of pyridine rings is 1. The van der Waals surface area contributed by atoms with Gasteiger partial charge in [0.2, 0.25) is 0 Å². The van der Waals surface area contributed by atoms with Gasteiger partial charge in [-0.1, -0.05) is 6.07 Å². The number of carbonyl (C=O) groups excluding carboxylic acids is 1. The second-order valence-electron chi connectivity index (χ2n) is 2.99. The molecule has 0 spiro atoms. The van der Waals surface area contributed by atoms with E-state index < -0.39 is 5.97 Å². The third-order valence-corrected chi connectivity index (χ3v) is 2.15. The molecule has 0 bridgehead atoms. The molecule has 4 heteroatoms. The molecule has 0 saturated heterocycles. The first-order chi connectivity index (χ1) is 6.74. The molecule has 1 heterocycles. The number of rotatable bonds is 5. The molecule has 0 fully saturated rings. The van der Waals surface area contributed by atoms with Gasteiger partial charge in [-0.3, -0.25) is 4.98 Å². The zero-order valence-electron chi connectivity index (χ0n) is 7.70. The first-order valence-electron chi connectivity index (χ1n) is 4.46. The summed E-state index contributed by atoms with van der Waals surface area (Å²) in [5.74, 6) is -0.581. The Morgan fingerprint density at radius 1 is 1.43 bits per heavy atom. The second-order valence-corrected chi connectivity index (χ2v) is 3.36. The Morgan fingerprint density at radius 3 is 2.71 bits per heavy atom. The van der Waals surface area contributed by atoms with E-state index in [2.05, 4.69) is 4.98 Å². The number of unbranched alkanes of at least 4 members (excludes halogenated alkanes) is 1. The van der Waals surface area contributed by atoms with Gasteiger partial charge in [-0.25, -0.2) is 0 Å². The fraction of sp³-hybridized carbons (Fsp3) is 0.400. The maximum absolute atomic E-state index is 10.4. The van der Waals surface area contributed by atoms with E-state index in [1.807, 2.05) is 0 Å². The van der Waals surface area contributed by atoms with Crippen LogP contribution in [0.5, 0.6) is 0 Å². The van der Waals surface area contributed by atoms with Crippen LogP contribution in [0.25, 0.3) is 0 Å². The Labute approximate surface area is 87.7 Å². The molecule has 0 atom stereocenters. The number of carboxylic acid groups (broad SMARTS) is 1. The predicted octanol–water partition coefficient (Wildman–Crippen LogP) is 1.01. The third-order valence-electron chi connectivity index (χ3n) is 1.88. The molecule has 0 radical (unpaired) electrons. The van der Waals surface area contributed by atoms with Crippen LogP contribution in [0.1, 0.15) is 28.9 Å². The minimum atomic E-state index is -1.24. The summed E-state index contributed by atoms with van der Waals surface area (Å²) in [6.45, 7) is 0. The Bertz CT molecular complexity index is 297. The Kier molecular flexibility index (Phi) is 4.40. The van der Waals surface area contributed by atoms with Crippen LogP contribution in [0.4, 0.5) is 0 Å². The molecule has 0 aliphatic rings. The van der Waals surface area contributed by atoms with Crippen molar-refractivity contribution in [2.45, 2.75) is 19.3 Å². The summed E-state index contributed by atoms with van der Waals surface area (Å²) in [6.07, 6.45) is 4.41. The normalized spacial score (nSPS) is 10.1. The number of aryl methyl sites for hydroxylation is 1. The number of aromatic carboxylic acids is 1. The molecule has 3 nitrogen and oxygen atoms in total. The van der Waals surface area contributed by atoms with Crippen molar-refractivity contribution in [1.29, 1.82) is 0 Å². The van der Waals surface area contributed by atoms with E-state index in [9.17, 15) is 9.90 Å². The Balaban J connectivity index is 2.51. The lowest BCUT2D eigenvalue weighted by Gasteiger charge is -2.03. The first kappa shape index (κ1) is 11.0. The van der Waals surface area contributed by atoms with Crippen LogP contribution < -0.4 is 5.11 Å².